The van der Waals surface area contributed by atoms with Crippen molar-refractivity contribution in [3.63, 3.8) is 0 Å². The molecule has 0 radical (unpaired) electrons. The van der Waals surface area contributed by atoms with E-state index >= 15 is 0 Å². The molecule has 1 aromatic rings. The van der Waals surface area contributed by atoms with Crippen molar-refractivity contribution in [3.8, 4) is 0 Å². The van der Waals surface area contributed by atoms with Crippen LogP contribution in [-0.4, -0.2) is 14.7 Å². The molecule has 16 heavy (non-hydrogen) atoms. The highest BCUT2D eigenvalue weighted by molar-refractivity contribution is 7.89. The van der Waals surface area contributed by atoms with Gasteiger partial charge >= 0.3 is 6.30 Å². The zero-order valence-electron chi connectivity index (χ0n) is 8.75. The van der Waals surface area contributed by atoms with Crippen molar-refractivity contribution in [2.75, 3.05) is 0 Å². The first-order chi connectivity index (χ1) is 7.31. The number of nitrogens with one attached hydrogen (secondary N) is 1. The summed E-state index contributed by atoms with van der Waals surface area (Å²) in [5.41, 5.74) is 0. The molecule has 92 valence electrons. The average molecular weight is 255 g/mol. The van der Waals surface area contributed by atoms with Crippen LogP contribution in [0.25, 0.3) is 0 Å². The van der Waals surface area contributed by atoms with Gasteiger partial charge in [-0.2, -0.15) is 13.2 Å². The lowest BCUT2D eigenvalue weighted by molar-refractivity contribution is -0.138. The molecule has 7 heteroatoms. The lowest BCUT2D eigenvalue weighted by atomic mass is 10.4. The Morgan fingerprint density at radius 1 is 1.06 bits per heavy atom. The molecule has 3 nitrogen and oxygen atoms in total. The summed E-state index contributed by atoms with van der Waals surface area (Å²) in [4.78, 5) is -0.419. The van der Waals surface area contributed by atoms with Crippen LogP contribution in [0.4, 0.5) is 13.2 Å². The molecule has 0 amide bonds. The number of hydrogen-bond donors (Lipinski definition) is 1. The Bertz CT molecular complexity index is 401. The van der Waals surface area contributed by atoms with Crippen molar-refractivity contribution in [1.29, 1.82) is 0 Å². The van der Waals surface area contributed by atoms with Crippen molar-refractivity contribution in [2.24, 2.45) is 0 Å². The summed E-state index contributed by atoms with van der Waals surface area (Å²) in [6, 6.07) is 6.34. The zero-order chi connectivity index (χ0) is 12.8. The number of benzene rings is 1. The number of halogens is 3. The van der Waals surface area contributed by atoms with Crippen LogP contribution in [0, 0.1) is 0 Å². The van der Waals surface area contributed by atoms with Crippen molar-refractivity contribution in [1.82, 2.24) is 4.72 Å². The lowest BCUT2D eigenvalue weighted by Gasteiger charge is -2.08. The molecular formula is C9H12F3NO2S. The molecule has 0 aliphatic rings. The van der Waals surface area contributed by atoms with Gasteiger partial charge in [-0.05, 0) is 12.1 Å². The first-order valence-corrected chi connectivity index (χ1v) is 5.95. The number of sulfonamides is 1. The predicted molar refractivity (Wildman–Crippen MR) is 54.2 cm³/mol. The lowest BCUT2D eigenvalue weighted by Crippen LogP contribution is -2.37. The third-order valence-electron chi connectivity index (χ3n) is 1.30. The topological polar surface area (TPSA) is 46.2 Å². The van der Waals surface area contributed by atoms with Gasteiger partial charge in [0.15, 0.2) is 0 Å². The van der Waals surface area contributed by atoms with Gasteiger partial charge in [-0.15, -0.1) is 4.72 Å². The number of alkyl halides is 3. The molecule has 0 aliphatic carbocycles. The summed E-state index contributed by atoms with van der Waals surface area (Å²) < 4.78 is 57.9. The van der Waals surface area contributed by atoms with E-state index in [4.69, 9.17) is 0 Å². The standard InChI is InChI=1S/C7H6F3NO2S.C2H6/c8-7(9,10)11-14(12,13)6-4-2-1-3-5-6;1-2/h1-5,11H;1-2H3. The molecule has 0 saturated carbocycles. The van der Waals surface area contributed by atoms with Crippen LogP contribution in [-0.2, 0) is 10.0 Å². The van der Waals surface area contributed by atoms with Crippen LogP contribution in [0.5, 0.6) is 0 Å². The maximum Gasteiger partial charge on any atom is 0.470 e. The molecule has 1 rings (SSSR count). The maximum absolute atomic E-state index is 11.7. The summed E-state index contributed by atoms with van der Waals surface area (Å²) in [6.45, 7) is 4.00. The van der Waals surface area contributed by atoms with E-state index in [0.717, 1.165) is 12.1 Å². The zero-order valence-corrected chi connectivity index (χ0v) is 9.56. The molecule has 0 saturated heterocycles. The van der Waals surface area contributed by atoms with Gasteiger partial charge in [0.25, 0.3) is 0 Å². The highest BCUT2D eigenvalue weighted by atomic mass is 32.2. The van der Waals surface area contributed by atoms with E-state index in [0.29, 0.717) is 4.72 Å². The molecule has 0 spiro atoms. The van der Waals surface area contributed by atoms with E-state index < -0.39 is 21.2 Å². The van der Waals surface area contributed by atoms with E-state index in [2.05, 4.69) is 0 Å². The largest absolute Gasteiger partial charge is 0.470 e. The van der Waals surface area contributed by atoms with Crippen molar-refractivity contribution >= 4 is 10.0 Å². The SMILES string of the molecule is CC.O=S(=O)(NC(F)(F)F)c1ccccc1. The van der Waals surface area contributed by atoms with E-state index in [9.17, 15) is 21.6 Å². The van der Waals surface area contributed by atoms with Crippen LogP contribution >= 0.6 is 0 Å². The first-order valence-electron chi connectivity index (χ1n) is 4.47. The minimum atomic E-state index is -4.95. The maximum atomic E-state index is 11.7. The van der Waals surface area contributed by atoms with Gasteiger partial charge in [0.05, 0.1) is 4.90 Å². The molecule has 0 fully saturated rings. The normalized spacial score (nSPS) is 11.6. The highest BCUT2D eigenvalue weighted by Crippen LogP contribution is 2.16. The van der Waals surface area contributed by atoms with E-state index in [-0.39, 0.29) is 0 Å². The molecule has 0 atom stereocenters. The number of hydrogen-bond acceptors (Lipinski definition) is 2. The smallest absolute Gasteiger partial charge is 0.207 e. The summed E-state index contributed by atoms with van der Waals surface area (Å²) >= 11 is 0. The first kappa shape index (κ1) is 14.9. The second kappa shape index (κ2) is 5.86. The van der Waals surface area contributed by atoms with Gasteiger partial charge < -0.3 is 0 Å². The van der Waals surface area contributed by atoms with Crippen LogP contribution in [0.3, 0.4) is 0 Å². The molecule has 0 heterocycles. The Kier molecular flexibility index (Phi) is 5.46. The summed E-state index contributed by atoms with van der Waals surface area (Å²) in [6.07, 6.45) is -4.95. The van der Waals surface area contributed by atoms with Crippen LogP contribution in [0.2, 0.25) is 0 Å². The van der Waals surface area contributed by atoms with E-state index in [1.54, 1.807) is 0 Å². The van der Waals surface area contributed by atoms with Crippen LogP contribution in [0.1, 0.15) is 13.8 Å². The molecule has 0 aliphatic heterocycles. The molecule has 0 aromatic heterocycles. The Morgan fingerprint density at radius 3 is 1.88 bits per heavy atom. The fourth-order valence-corrected chi connectivity index (χ4v) is 1.75. The Hall–Kier alpha value is -1.08. The predicted octanol–water partition coefficient (Wildman–Crippen LogP) is 2.51. The molecule has 1 N–H and O–H groups in total. The van der Waals surface area contributed by atoms with Gasteiger partial charge in [-0.3, -0.25) is 0 Å². The Labute approximate surface area is 92.3 Å². The van der Waals surface area contributed by atoms with Crippen LogP contribution in [0.15, 0.2) is 35.2 Å². The van der Waals surface area contributed by atoms with E-state index in [1.165, 1.54) is 18.2 Å². The summed E-state index contributed by atoms with van der Waals surface area (Å²) in [5, 5.41) is 0. The molecular weight excluding hydrogens is 243 g/mol. The average Bonchev–Trinajstić information content (AvgIpc) is 2.19. The summed E-state index contributed by atoms with van der Waals surface area (Å²) in [7, 11) is -4.49. The minimum Gasteiger partial charge on any atom is -0.207 e. The quantitative estimate of drug-likeness (QED) is 0.825. The molecule has 1 aromatic carbocycles. The van der Waals surface area contributed by atoms with Crippen LogP contribution < -0.4 is 4.72 Å². The fraction of sp³-hybridized carbons (Fsp3) is 0.333. The van der Waals surface area contributed by atoms with Gasteiger partial charge in [0.1, 0.15) is 0 Å². The Balaban J connectivity index is 0.00000106. The highest BCUT2D eigenvalue weighted by Gasteiger charge is 2.34. The van der Waals surface area contributed by atoms with E-state index in [1.807, 2.05) is 13.8 Å². The van der Waals surface area contributed by atoms with Gasteiger partial charge in [0.2, 0.25) is 10.0 Å². The van der Waals surface area contributed by atoms with Crippen molar-refractivity contribution in [2.45, 2.75) is 25.0 Å². The monoisotopic (exact) mass is 255 g/mol. The minimum absolute atomic E-state index is 0.419. The van der Waals surface area contributed by atoms with Crippen molar-refractivity contribution in [3.05, 3.63) is 30.3 Å². The second-order valence-corrected chi connectivity index (χ2v) is 4.10. The third kappa shape index (κ3) is 5.13. The third-order valence-corrected chi connectivity index (χ3v) is 2.70. The van der Waals surface area contributed by atoms with Crippen molar-refractivity contribution < 1.29 is 21.6 Å². The van der Waals surface area contributed by atoms with Gasteiger partial charge in [-0.1, -0.05) is 32.0 Å². The second-order valence-electron chi connectivity index (χ2n) is 2.42. The molecule has 0 unspecified atom stereocenters. The Morgan fingerprint density at radius 2 is 1.50 bits per heavy atom. The summed E-state index contributed by atoms with van der Waals surface area (Å²) in [5.74, 6) is 0. The van der Waals surface area contributed by atoms with Gasteiger partial charge in [0, 0.05) is 0 Å². The number of rotatable bonds is 2. The molecule has 0 bridgehead atoms. The fourth-order valence-electron chi connectivity index (χ4n) is 0.811. The van der Waals surface area contributed by atoms with Gasteiger partial charge in [-0.25, -0.2) is 8.42 Å².